The standard InChI is InChI=1S/C20H12O6S/c1-25-19(23)12-9-11(17(21)14-7-4-8-27-14)15-10-5-2-3-6-13(10)26-20(24)16(15)18(12)22/h2-9,22H,1H3. The molecule has 0 radical (unpaired) electrons. The lowest BCUT2D eigenvalue weighted by molar-refractivity contribution is 0.0597. The molecular weight excluding hydrogens is 368 g/mol. The number of rotatable bonds is 3. The number of thiophene rings is 1. The van der Waals surface area contributed by atoms with E-state index in [0.29, 0.717) is 10.3 Å². The predicted molar refractivity (Wildman–Crippen MR) is 101 cm³/mol. The van der Waals surface area contributed by atoms with Crippen LogP contribution in [0.2, 0.25) is 0 Å². The lowest BCUT2D eigenvalue weighted by Gasteiger charge is -2.12. The molecule has 6 nitrogen and oxygen atoms in total. The first kappa shape index (κ1) is 17.0. The molecule has 0 unspecified atom stereocenters. The number of benzene rings is 2. The van der Waals surface area contributed by atoms with Gasteiger partial charge in [-0.1, -0.05) is 24.3 Å². The number of fused-ring (bicyclic) bond motifs is 3. The summed E-state index contributed by atoms with van der Waals surface area (Å²) in [6, 6.07) is 11.3. The molecule has 0 aliphatic rings. The topological polar surface area (TPSA) is 93.8 Å². The summed E-state index contributed by atoms with van der Waals surface area (Å²) in [4.78, 5) is 38.2. The maximum Gasteiger partial charge on any atom is 0.348 e. The van der Waals surface area contributed by atoms with Gasteiger partial charge in [-0.05, 0) is 23.6 Å². The van der Waals surface area contributed by atoms with Crippen LogP contribution in [0.25, 0.3) is 21.7 Å². The highest BCUT2D eigenvalue weighted by atomic mass is 32.1. The molecule has 134 valence electrons. The van der Waals surface area contributed by atoms with E-state index in [4.69, 9.17) is 4.42 Å². The number of phenols is 1. The van der Waals surface area contributed by atoms with Crippen LogP contribution in [-0.4, -0.2) is 24.0 Å². The Labute approximate surface area is 156 Å². The van der Waals surface area contributed by atoms with Crippen molar-refractivity contribution in [3.05, 3.63) is 74.3 Å². The molecule has 1 N–H and O–H groups in total. The number of methoxy groups -OCH3 is 1. The minimum atomic E-state index is -0.859. The molecule has 0 aliphatic heterocycles. The fourth-order valence-corrected chi connectivity index (χ4v) is 3.73. The lowest BCUT2D eigenvalue weighted by atomic mass is 9.95. The monoisotopic (exact) mass is 380 g/mol. The van der Waals surface area contributed by atoms with Gasteiger partial charge in [0.05, 0.1) is 12.0 Å². The minimum absolute atomic E-state index is 0.120. The van der Waals surface area contributed by atoms with Crippen molar-refractivity contribution < 1.29 is 23.8 Å². The summed E-state index contributed by atoms with van der Waals surface area (Å²) in [6.07, 6.45) is 0. The summed E-state index contributed by atoms with van der Waals surface area (Å²) in [5, 5.41) is 12.8. The van der Waals surface area contributed by atoms with E-state index in [1.165, 1.54) is 17.4 Å². The molecule has 2 heterocycles. The van der Waals surface area contributed by atoms with Crippen LogP contribution in [0.4, 0.5) is 0 Å². The lowest BCUT2D eigenvalue weighted by Crippen LogP contribution is -2.11. The number of aromatic hydroxyl groups is 1. The number of phenolic OH excluding ortho intramolecular Hbond substituents is 1. The fourth-order valence-electron chi connectivity index (χ4n) is 3.05. The van der Waals surface area contributed by atoms with Crippen molar-refractivity contribution in [1.29, 1.82) is 0 Å². The zero-order valence-corrected chi connectivity index (χ0v) is 14.8. The fraction of sp³-hybridized carbons (Fsp3) is 0.0500. The normalized spacial score (nSPS) is 11.0. The summed E-state index contributed by atoms with van der Waals surface area (Å²) in [5.74, 6) is -1.79. The Kier molecular flexibility index (Phi) is 4.01. The van der Waals surface area contributed by atoms with E-state index in [-0.39, 0.29) is 33.3 Å². The van der Waals surface area contributed by atoms with Gasteiger partial charge < -0.3 is 14.3 Å². The number of carbonyl (C=O) groups is 2. The summed E-state index contributed by atoms with van der Waals surface area (Å²) in [6.45, 7) is 0. The van der Waals surface area contributed by atoms with Gasteiger partial charge in [-0.3, -0.25) is 4.79 Å². The van der Waals surface area contributed by atoms with Crippen LogP contribution in [-0.2, 0) is 4.74 Å². The van der Waals surface area contributed by atoms with Crippen molar-refractivity contribution in [2.45, 2.75) is 0 Å². The second-order valence-electron chi connectivity index (χ2n) is 5.75. The minimum Gasteiger partial charge on any atom is -0.506 e. The Hall–Kier alpha value is -3.45. The third-order valence-corrected chi connectivity index (χ3v) is 5.13. The van der Waals surface area contributed by atoms with Gasteiger partial charge in [0.25, 0.3) is 0 Å². The molecule has 0 saturated heterocycles. The second-order valence-corrected chi connectivity index (χ2v) is 6.70. The molecule has 0 atom stereocenters. The van der Waals surface area contributed by atoms with Gasteiger partial charge >= 0.3 is 11.6 Å². The zero-order chi connectivity index (χ0) is 19.1. The largest absolute Gasteiger partial charge is 0.506 e. The first-order chi connectivity index (χ1) is 13.0. The Balaban J connectivity index is 2.23. The molecule has 2 aromatic carbocycles. The molecule has 7 heteroatoms. The van der Waals surface area contributed by atoms with Crippen LogP contribution in [0.1, 0.15) is 25.6 Å². The molecule has 0 fully saturated rings. The number of hydrogen-bond donors (Lipinski definition) is 1. The molecule has 0 bridgehead atoms. The number of carbonyl (C=O) groups excluding carboxylic acids is 2. The van der Waals surface area contributed by atoms with E-state index in [1.54, 1.807) is 41.8 Å². The van der Waals surface area contributed by atoms with E-state index < -0.39 is 17.3 Å². The third kappa shape index (κ3) is 2.60. The van der Waals surface area contributed by atoms with E-state index in [2.05, 4.69) is 4.74 Å². The molecule has 0 aliphatic carbocycles. The summed E-state index contributed by atoms with van der Waals surface area (Å²) < 4.78 is 9.95. The van der Waals surface area contributed by atoms with Crippen LogP contribution in [0.15, 0.2) is 57.1 Å². The average Bonchev–Trinajstić information content (AvgIpc) is 3.21. The number of hydrogen-bond acceptors (Lipinski definition) is 7. The number of para-hydroxylation sites is 1. The highest BCUT2D eigenvalue weighted by molar-refractivity contribution is 7.12. The number of ketones is 1. The SMILES string of the molecule is COC(=O)c1cc(C(=O)c2cccs2)c2c(c1O)c(=O)oc1ccccc12. The first-order valence-electron chi connectivity index (χ1n) is 7.91. The highest BCUT2D eigenvalue weighted by Crippen LogP contribution is 2.36. The molecule has 0 amide bonds. The molecule has 0 saturated carbocycles. The third-order valence-electron chi connectivity index (χ3n) is 4.26. The quantitative estimate of drug-likeness (QED) is 0.252. The van der Waals surface area contributed by atoms with Gasteiger partial charge in [0.15, 0.2) is 0 Å². The van der Waals surface area contributed by atoms with E-state index in [9.17, 15) is 19.5 Å². The average molecular weight is 380 g/mol. The molecule has 0 spiro atoms. The van der Waals surface area contributed by atoms with Crippen LogP contribution < -0.4 is 5.63 Å². The highest BCUT2D eigenvalue weighted by Gasteiger charge is 2.26. The van der Waals surface area contributed by atoms with Crippen molar-refractivity contribution >= 4 is 44.8 Å². The Morgan fingerprint density at radius 3 is 2.56 bits per heavy atom. The number of ether oxygens (including phenoxy) is 1. The Morgan fingerprint density at radius 1 is 1.07 bits per heavy atom. The van der Waals surface area contributed by atoms with E-state index in [1.807, 2.05) is 0 Å². The summed E-state index contributed by atoms with van der Waals surface area (Å²) in [5.41, 5.74) is -0.713. The molecule has 4 rings (SSSR count). The molecular formula is C20H12O6S. The van der Waals surface area contributed by atoms with Crippen molar-refractivity contribution in [3.8, 4) is 5.75 Å². The summed E-state index contributed by atoms with van der Waals surface area (Å²) >= 11 is 1.24. The maximum absolute atomic E-state index is 13.1. The molecule has 27 heavy (non-hydrogen) atoms. The second kappa shape index (κ2) is 6.37. The van der Waals surface area contributed by atoms with Gasteiger partial charge in [-0.15, -0.1) is 11.3 Å². The van der Waals surface area contributed by atoms with Crippen LogP contribution in [0.5, 0.6) is 5.75 Å². The van der Waals surface area contributed by atoms with Crippen LogP contribution >= 0.6 is 11.3 Å². The van der Waals surface area contributed by atoms with Crippen LogP contribution in [0, 0.1) is 0 Å². The van der Waals surface area contributed by atoms with Gasteiger partial charge in [-0.2, -0.15) is 0 Å². The first-order valence-corrected chi connectivity index (χ1v) is 8.79. The molecule has 2 aromatic heterocycles. The summed E-state index contributed by atoms with van der Waals surface area (Å²) in [7, 11) is 1.15. The van der Waals surface area contributed by atoms with Gasteiger partial charge in [-0.25, -0.2) is 9.59 Å². The van der Waals surface area contributed by atoms with Gasteiger partial charge in [0.2, 0.25) is 5.78 Å². The van der Waals surface area contributed by atoms with Gasteiger partial charge in [0, 0.05) is 16.3 Å². The predicted octanol–water partition coefficient (Wildman–Crippen LogP) is 3.73. The Bertz CT molecular complexity index is 1270. The maximum atomic E-state index is 13.1. The van der Waals surface area contributed by atoms with Crippen molar-refractivity contribution in [1.82, 2.24) is 0 Å². The van der Waals surface area contributed by atoms with Crippen molar-refractivity contribution in [2.24, 2.45) is 0 Å². The van der Waals surface area contributed by atoms with Crippen molar-refractivity contribution in [3.63, 3.8) is 0 Å². The number of esters is 1. The molecule has 4 aromatic rings. The van der Waals surface area contributed by atoms with Crippen LogP contribution in [0.3, 0.4) is 0 Å². The zero-order valence-electron chi connectivity index (χ0n) is 14.0. The Morgan fingerprint density at radius 2 is 1.85 bits per heavy atom. The smallest absolute Gasteiger partial charge is 0.348 e. The van der Waals surface area contributed by atoms with E-state index in [0.717, 1.165) is 7.11 Å². The van der Waals surface area contributed by atoms with Crippen molar-refractivity contribution in [2.75, 3.05) is 7.11 Å². The van der Waals surface area contributed by atoms with E-state index >= 15 is 0 Å². The van der Waals surface area contributed by atoms with Gasteiger partial charge in [0.1, 0.15) is 22.3 Å².